The molecule has 0 atom stereocenters. The summed E-state index contributed by atoms with van der Waals surface area (Å²) in [7, 11) is 1.29. The molecule has 0 aliphatic heterocycles. The van der Waals surface area contributed by atoms with E-state index >= 15 is 0 Å². The summed E-state index contributed by atoms with van der Waals surface area (Å²) in [4.78, 5) is 32.8. The SMILES string of the molecule is COC(=O)Nc1nc2ccc(Sc3ccc(NC(=O)Nc4ccccc4)cc3)cc2[nH]1. The Morgan fingerprint density at radius 2 is 1.55 bits per heavy atom. The highest BCUT2D eigenvalue weighted by Gasteiger charge is 2.08. The van der Waals surface area contributed by atoms with Crippen molar-refractivity contribution >= 4 is 52.2 Å². The molecule has 4 aromatic rings. The lowest BCUT2D eigenvalue weighted by Crippen LogP contribution is -2.19. The molecule has 0 fully saturated rings. The first-order chi connectivity index (χ1) is 15.1. The third-order valence-corrected chi connectivity index (χ3v) is 5.24. The number of aromatic nitrogens is 2. The van der Waals surface area contributed by atoms with Gasteiger partial charge in [-0.15, -0.1) is 0 Å². The molecule has 0 bridgehead atoms. The predicted octanol–water partition coefficient (Wildman–Crippen LogP) is 5.54. The average molecular weight is 433 g/mol. The zero-order valence-corrected chi connectivity index (χ0v) is 17.3. The Kier molecular flexibility index (Phi) is 6.04. The van der Waals surface area contributed by atoms with E-state index in [9.17, 15) is 9.59 Å². The Labute approximate surface area is 182 Å². The summed E-state index contributed by atoms with van der Waals surface area (Å²) in [5, 5.41) is 8.10. The summed E-state index contributed by atoms with van der Waals surface area (Å²) < 4.78 is 4.57. The number of H-pyrrole nitrogens is 1. The van der Waals surface area contributed by atoms with Gasteiger partial charge in [0, 0.05) is 21.2 Å². The number of hydrogen-bond donors (Lipinski definition) is 4. The molecule has 4 N–H and O–H groups in total. The second kappa shape index (κ2) is 9.23. The van der Waals surface area contributed by atoms with Crippen LogP contribution in [-0.2, 0) is 4.74 Å². The van der Waals surface area contributed by atoms with Crippen LogP contribution < -0.4 is 16.0 Å². The van der Waals surface area contributed by atoms with Crippen LogP contribution in [0.3, 0.4) is 0 Å². The zero-order chi connectivity index (χ0) is 21.6. The molecule has 0 spiro atoms. The number of carbonyl (C=O) groups excluding carboxylic acids is 2. The molecule has 3 aromatic carbocycles. The van der Waals surface area contributed by atoms with Crippen LogP contribution in [0.1, 0.15) is 0 Å². The van der Waals surface area contributed by atoms with Gasteiger partial charge in [-0.2, -0.15) is 0 Å². The summed E-state index contributed by atoms with van der Waals surface area (Å²) in [6.07, 6.45) is -0.584. The van der Waals surface area contributed by atoms with Gasteiger partial charge in [-0.05, 0) is 54.6 Å². The van der Waals surface area contributed by atoms with E-state index in [-0.39, 0.29) is 6.03 Å². The molecular formula is C22H19N5O3S. The highest BCUT2D eigenvalue weighted by Crippen LogP contribution is 2.30. The van der Waals surface area contributed by atoms with Crippen molar-refractivity contribution in [3.05, 3.63) is 72.8 Å². The Bertz CT molecular complexity index is 1210. The zero-order valence-electron chi connectivity index (χ0n) is 16.5. The van der Waals surface area contributed by atoms with E-state index in [4.69, 9.17) is 0 Å². The van der Waals surface area contributed by atoms with E-state index in [1.54, 1.807) is 11.8 Å². The molecule has 0 saturated heterocycles. The number of ether oxygens (including phenoxy) is 1. The number of rotatable bonds is 5. The second-order valence-electron chi connectivity index (χ2n) is 6.45. The van der Waals surface area contributed by atoms with Crippen molar-refractivity contribution in [2.24, 2.45) is 0 Å². The smallest absolute Gasteiger partial charge is 0.413 e. The first-order valence-electron chi connectivity index (χ1n) is 9.35. The van der Waals surface area contributed by atoms with E-state index in [0.717, 1.165) is 26.5 Å². The maximum atomic E-state index is 12.1. The molecule has 0 radical (unpaired) electrons. The van der Waals surface area contributed by atoms with E-state index in [1.807, 2.05) is 72.8 Å². The Morgan fingerprint density at radius 1 is 0.871 bits per heavy atom. The molecule has 1 heterocycles. The number of fused-ring (bicyclic) bond motifs is 1. The number of hydrogen-bond acceptors (Lipinski definition) is 5. The quantitative estimate of drug-likeness (QED) is 0.331. The molecule has 4 rings (SSSR count). The van der Waals surface area contributed by atoms with Crippen LogP contribution in [0.25, 0.3) is 11.0 Å². The van der Waals surface area contributed by atoms with Crippen LogP contribution in [0.4, 0.5) is 26.9 Å². The van der Waals surface area contributed by atoms with Gasteiger partial charge >= 0.3 is 12.1 Å². The minimum Gasteiger partial charge on any atom is -0.453 e. The number of aromatic amines is 1. The van der Waals surface area contributed by atoms with Crippen LogP contribution in [0.2, 0.25) is 0 Å². The van der Waals surface area contributed by atoms with Crippen molar-refractivity contribution in [2.45, 2.75) is 9.79 Å². The molecule has 9 heteroatoms. The van der Waals surface area contributed by atoms with Crippen LogP contribution in [0, 0.1) is 0 Å². The second-order valence-corrected chi connectivity index (χ2v) is 7.60. The van der Waals surface area contributed by atoms with Crippen molar-refractivity contribution in [3.63, 3.8) is 0 Å². The van der Waals surface area contributed by atoms with E-state index in [2.05, 4.69) is 30.7 Å². The van der Waals surface area contributed by atoms with Gasteiger partial charge in [0.25, 0.3) is 0 Å². The number of para-hydroxylation sites is 1. The fraction of sp³-hybridized carbons (Fsp3) is 0.0455. The van der Waals surface area contributed by atoms with Gasteiger partial charge in [-0.25, -0.2) is 14.6 Å². The third-order valence-electron chi connectivity index (χ3n) is 4.24. The molecule has 1 aromatic heterocycles. The lowest BCUT2D eigenvalue weighted by Gasteiger charge is -2.08. The Hall–Kier alpha value is -3.98. The van der Waals surface area contributed by atoms with Crippen LogP contribution in [-0.4, -0.2) is 29.2 Å². The van der Waals surface area contributed by atoms with Crippen molar-refractivity contribution < 1.29 is 14.3 Å². The van der Waals surface area contributed by atoms with E-state index in [1.165, 1.54) is 7.11 Å². The maximum Gasteiger partial charge on any atom is 0.413 e. The normalized spacial score (nSPS) is 10.5. The largest absolute Gasteiger partial charge is 0.453 e. The van der Waals surface area contributed by atoms with Crippen LogP contribution in [0.5, 0.6) is 0 Å². The summed E-state index contributed by atoms with van der Waals surface area (Å²) in [6, 6.07) is 22.3. The summed E-state index contributed by atoms with van der Waals surface area (Å²) >= 11 is 1.57. The lowest BCUT2D eigenvalue weighted by molar-refractivity contribution is 0.186. The highest BCUT2D eigenvalue weighted by atomic mass is 32.2. The number of amides is 3. The van der Waals surface area contributed by atoms with Crippen LogP contribution >= 0.6 is 11.8 Å². The van der Waals surface area contributed by atoms with Crippen molar-refractivity contribution in [3.8, 4) is 0 Å². The minimum atomic E-state index is -0.584. The van der Waals surface area contributed by atoms with E-state index < -0.39 is 6.09 Å². The predicted molar refractivity (Wildman–Crippen MR) is 122 cm³/mol. The van der Waals surface area contributed by atoms with Crippen LogP contribution in [0.15, 0.2) is 82.6 Å². The van der Waals surface area contributed by atoms with Gasteiger partial charge in [0.1, 0.15) is 0 Å². The van der Waals surface area contributed by atoms with Gasteiger partial charge in [-0.3, -0.25) is 5.32 Å². The Balaban J connectivity index is 1.38. The lowest BCUT2D eigenvalue weighted by atomic mass is 10.3. The van der Waals surface area contributed by atoms with Crippen molar-refractivity contribution in [1.29, 1.82) is 0 Å². The van der Waals surface area contributed by atoms with Crippen molar-refractivity contribution in [2.75, 3.05) is 23.1 Å². The molecule has 8 nitrogen and oxygen atoms in total. The number of methoxy groups -OCH3 is 1. The molecule has 0 aliphatic rings. The van der Waals surface area contributed by atoms with Gasteiger partial charge in [0.15, 0.2) is 0 Å². The van der Waals surface area contributed by atoms with Crippen molar-refractivity contribution in [1.82, 2.24) is 9.97 Å². The number of benzene rings is 3. The number of nitrogens with zero attached hydrogens (tertiary/aromatic N) is 1. The van der Waals surface area contributed by atoms with Gasteiger partial charge < -0.3 is 20.4 Å². The first-order valence-corrected chi connectivity index (χ1v) is 10.2. The fourth-order valence-corrected chi connectivity index (χ4v) is 3.67. The number of imidazole rings is 1. The topological polar surface area (TPSA) is 108 Å². The number of nitrogens with one attached hydrogen (secondary N) is 4. The molecule has 31 heavy (non-hydrogen) atoms. The molecule has 156 valence electrons. The number of carbonyl (C=O) groups is 2. The standard InChI is InChI=1S/C22H19N5O3S/c1-30-22(29)27-20-25-18-12-11-17(13-19(18)26-20)31-16-9-7-15(8-10-16)24-21(28)23-14-5-3-2-4-6-14/h2-13H,1H3,(H2,23,24,28)(H2,25,26,27,29). The number of urea groups is 1. The summed E-state index contributed by atoms with van der Waals surface area (Å²) in [6.45, 7) is 0. The van der Waals surface area contributed by atoms with Gasteiger partial charge in [-0.1, -0.05) is 30.0 Å². The first kappa shape index (κ1) is 20.3. The minimum absolute atomic E-state index is 0.298. The molecule has 0 aliphatic carbocycles. The van der Waals surface area contributed by atoms with E-state index in [0.29, 0.717) is 11.6 Å². The number of anilines is 3. The average Bonchev–Trinajstić information content (AvgIpc) is 3.17. The molecular weight excluding hydrogens is 414 g/mol. The summed E-state index contributed by atoms with van der Waals surface area (Å²) in [5.74, 6) is 0.327. The third kappa shape index (κ3) is 5.34. The Morgan fingerprint density at radius 3 is 2.26 bits per heavy atom. The fourth-order valence-electron chi connectivity index (χ4n) is 2.82. The molecule has 0 saturated carbocycles. The monoisotopic (exact) mass is 433 g/mol. The molecule has 0 unspecified atom stereocenters. The highest BCUT2D eigenvalue weighted by molar-refractivity contribution is 7.99. The van der Waals surface area contributed by atoms with Gasteiger partial charge in [0.2, 0.25) is 5.95 Å². The van der Waals surface area contributed by atoms with Gasteiger partial charge in [0.05, 0.1) is 18.1 Å². The summed E-state index contributed by atoms with van der Waals surface area (Å²) in [5.41, 5.74) is 2.96. The maximum absolute atomic E-state index is 12.1. The molecule has 3 amide bonds.